The number of imide groups is 2. The van der Waals surface area contributed by atoms with Gasteiger partial charge in [-0.25, -0.2) is 23.4 Å². The van der Waals surface area contributed by atoms with Crippen LogP contribution in [0.4, 0.5) is 13.6 Å². The minimum Gasteiger partial charge on any atom is -0.263 e. The molecule has 106 valence electrons. The van der Waals surface area contributed by atoms with Gasteiger partial charge in [0.2, 0.25) is 0 Å². The van der Waals surface area contributed by atoms with Crippen molar-refractivity contribution in [2.75, 3.05) is 6.54 Å². The molecule has 1 aliphatic rings. The van der Waals surface area contributed by atoms with E-state index in [0.717, 1.165) is 0 Å². The lowest BCUT2D eigenvalue weighted by molar-refractivity contribution is -0.144. The molecule has 4 amide bonds. The largest absolute Gasteiger partial charge is 0.334 e. The molecule has 7 heteroatoms. The first-order chi connectivity index (χ1) is 9.43. The highest BCUT2D eigenvalue weighted by atomic mass is 19.3. The van der Waals surface area contributed by atoms with Crippen molar-refractivity contribution in [2.24, 2.45) is 0 Å². The molecule has 0 saturated carbocycles. The van der Waals surface area contributed by atoms with Crippen LogP contribution in [0.3, 0.4) is 0 Å². The van der Waals surface area contributed by atoms with Crippen LogP contribution < -0.4 is 0 Å². The maximum atomic E-state index is 12.3. The molecule has 1 unspecified atom stereocenters. The van der Waals surface area contributed by atoms with Crippen molar-refractivity contribution in [1.82, 2.24) is 9.80 Å². The van der Waals surface area contributed by atoms with Gasteiger partial charge in [0.1, 0.15) is 0 Å². The van der Waals surface area contributed by atoms with E-state index in [-0.39, 0.29) is 4.90 Å². The minimum absolute atomic E-state index is 0.284. The smallest absolute Gasteiger partial charge is 0.263 e. The number of urea groups is 1. The number of alkyl halides is 2. The Balaban J connectivity index is 2.27. The summed E-state index contributed by atoms with van der Waals surface area (Å²) in [6.07, 6.45) is -2.87. The van der Waals surface area contributed by atoms with E-state index in [4.69, 9.17) is 0 Å². The van der Waals surface area contributed by atoms with Crippen LogP contribution in [0.5, 0.6) is 0 Å². The van der Waals surface area contributed by atoms with Crippen molar-refractivity contribution in [3.05, 3.63) is 35.9 Å². The van der Waals surface area contributed by atoms with Crippen LogP contribution in [-0.2, 0) is 9.59 Å². The summed E-state index contributed by atoms with van der Waals surface area (Å²) in [4.78, 5) is 36.3. The van der Waals surface area contributed by atoms with Gasteiger partial charge in [-0.1, -0.05) is 30.3 Å². The topological polar surface area (TPSA) is 57.7 Å². The molecule has 5 nitrogen and oxygen atoms in total. The van der Waals surface area contributed by atoms with Crippen LogP contribution in [-0.4, -0.2) is 40.6 Å². The summed E-state index contributed by atoms with van der Waals surface area (Å²) in [5, 5.41) is 0. The third-order valence-electron chi connectivity index (χ3n) is 3.07. The van der Waals surface area contributed by atoms with Gasteiger partial charge in [0.05, 0.1) is 12.6 Å². The molecule has 20 heavy (non-hydrogen) atoms. The quantitative estimate of drug-likeness (QED) is 0.625. The Bertz CT molecular complexity index is 548. The fraction of sp³-hybridized carbons (Fsp3) is 0.308. The fourth-order valence-electron chi connectivity index (χ4n) is 2.04. The van der Waals surface area contributed by atoms with E-state index in [1.165, 1.54) is 0 Å². The molecular formula is C13H12F2N2O3. The van der Waals surface area contributed by atoms with Crippen LogP contribution >= 0.6 is 0 Å². The zero-order valence-corrected chi connectivity index (χ0v) is 10.6. The fourth-order valence-corrected chi connectivity index (χ4v) is 2.04. The van der Waals surface area contributed by atoms with E-state index < -0.39 is 36.9 Å². The maximum absolute atomic E-state index is 12.3. The van der Waals surface area contributed by atoms with Crippen LogP contribution in [0, 0.1) is 0 Å². The summed E-state index contributed by atoms with van der Waals surface area (Å²) < 4.78 is 24.7. The maximum Gasteiger partial charge on any atom is 0.334 e. The zero-order chi connectivity index (χ0) is 14.9. The van der Waals surface area contributed by atoms with Crippen LogP contribution in [0.25, 0.3) is 0 Å². The molecule has 0 bridgehead atoms. The van der Waals surface area contributed by atoms with Crippen molar-refractivity contribution < 1.29 is 23.2 Å². The molecule has 1 aliphatic heterocycles. The number of benzene rings is 1. The molecule has 1 heterocycles. The molecule has 1 fully saturated rings. The Labute approximate surface area is 113 Å². The number of carbonyl (C=O) groups excluding carboxylic acids is 3. The molecule has 2 rings (SSSR count). The van der Waals surface area contributed by atoms with Crippen molar-refractivity contribution >= 4 is 17.8 Å². The van der Waals surface area contributed by atoms with Gasteiger partial charge in [-0.3, -0.25) is 9.59 Å². The van der Waals surface area contributed by atoms with Crippen LogP contribution in [0.1, 0.15) is 18.5 Å². The SMILES string of the molecule is CC(c1ccccc1)N1C(=O)C(=O)N(CC(F)F)C1=O. The summed E-state index contributed by atoms with van der Waals surface area (Å²) >= 11 is 0. The first-order valence-corrected chi connectivity index (χ1v) is 5.95. The van der Waals surface area contributed by atoms with Gasteiger partial charge in [-0.15, -0.1) is 0 Å². The summed E-state index contributed by atoms with van der Waals surface area (Å²) in [5.41, 5.74) is 0.640. The first-order valence-electron chi connectivity index (χ1n) is 5.95. The van der Waals surface area contributed by atoms with Gasteiger partial charge in [0, 0.05) is 0 Å². The summed E-state index contributed by atoms with van der Waals surface area (Å²) in [6, 6.07) is 6.87. The molecule has 1 saturated heterocycles. The third kappa shape index (κ3) is 2.38. The molecule has 0 spiro atoms. The van der Waals surface area contributed by atoms with Gasteiger partial charge in [-0.05, 0) is 12.5 Å². The highest BCUT2D eigenvalue weighted by Gasteiger charge is 2.47. The molecule has 1 atom stereocenters. The standard InChI is InChI=1S/C13H12F2N2O3/c1-8(9-5-3-2-4-6-9)17-12(19)11(18)16(13(17)20)7-10(14)15/h2-6,8,10H,7H2,1H3. The number of amides is 4. The normalized spacial score (nSPS) is 17.3. The zero-order valence-electron chi connectivity index (χ0n) is 10.6. The molecule has 0 radical (unpaired) electrons. The molecule has 0 N–H and O–H groups in total. The second-order valence-electron chi connectivity index (χ2n) is 4.35. The van der Waals surface area contributed by atoms with Gasteiger partial charge in [0.15, 0.2) is 0 Å². The Kier molecular flexibility index (Phi) is 3.78. The number of halogens is 2. The molecule has 1 aromatic carbocycles. The van der Waals surface area contributed by atoms with E-state index in [9.17, 15) is 23.2 Å². The predicted molar refractivity (Wildman–Crippen MR) is 64.8 cm³/mol. The second kappa shape index (κ2) is 5.36. The first kappa shape index (κ1) is 14.1. The molecular weight excluding hydrogens is 270 g/mol. The number of carbonyl (C=O) groups is 3. The number of rotatable bonds is 4. The highest BCUT2D eigenvalue weighted by molar-refractivity contribution is 6.44. The van der Waals surface area contributed by atoms with E-state index >= 15 is 0 Å². The Hall–Kier alpha value is -2.31. The summed E-state index contributed by atoms with van der Waals surface area (Å²) in [7, 11) is 0. The molecule has 0 aliphatic carbocycles. The lowest BCUT2D eigenvalue weighted by atomic mass is 10.1. The summed E-state index contributed by atoms with van der Waals surface area (Å²) in [5.74, 6) is -2.29. The van der Waals surface area contributed by atoms with Crippen molar-refractivity contribution in [1.29, 1.82) is 0 Å². The van der Waals surface area contributed by atoms with E-state index in [1.54, 1.807) is 37.3 Å². The number of nitrogens with zero attached hydrogens (tertiary/aromatic N) is 2. The Morgan fingerprint density at radius 3 is 2.20 bits per heavy atom. The van der Waals surface area contributed by atoms with Gasteiger partial charge >= 0.3 is 17.8 Å². The molecule has 0 aromatic heterocycles. The average molecular weight is 282 g/mol. The van der Waals surface area contributed by atoms with E-state index in [0.29, 0.717) is 10.5 Å². The molecule has 1 aromatic rings. The van der Waals surface area contributed by atoms with E-state index in [2.05, 4.69) is 0 Å². The van der Waals surface area contributed by atoms with Gasteiger partial charge in [0.25, 0.3) is 6.43 Å². The predicted octanol–water partition coefficient (Wildman–Crippen LogP) is 1.80. The second-order valence-corrected chi connectivity index (χ2v) is 4.35. The van der Waals surface area contributed by atoms with Crippen molar-refractivity contribution in [2.45, 2.75) is 19.4 Å². The van der Waals surface area contributed by atoms with Gasteiger partial charge < -0.3 is 0 Å². The Morgan fingerprint density at radius 2 is 1.65 bits per heavy atom. The van der Waals surface area contributed by atoms with Crippen molar-refractivity contribution in [3.8, 4) is 0 Å². The van der Waals surface area contributed by atoms with E-state index in [1.807, 2.05) is 0 Å². The lowest BCUT2D eigenvalue weighted by Crippen LogP contribution is -2.37. The number of hydrogen-bond acceptors (Lipinski definition) is 3. The summed E-state index contributed by atoms with van der Waals surface area (Å²) in [6.45, 7) is 0.492. The lowest BCUT2D eigenvalue weighted by Gasteiger charge is -2.22. The monoisotopic (exact) mass is 282 g/mol. The van der Waals surface area contributed by atoms with Gasteiger partial charge in [-0.2, -0.15) is 0 Å². The van der Waals surface area contributed by atoms with Crippen molar-refractivity contribution in [3.63, 3.8) is 0 Å². The average Bonchev–Trinajstić information content (AvgIpc) is 2.63. The van der Waals surface area contributed by atoms with Crippen LogP contribution in [0.2, 0.25) is 0 Å². The highest BCUT2D eigenvalue weighted by Crippen LogP contribution is 2.26. The third-order valence-corrected chi connectivity index (χ3v) is 3.07. The Morgan fingerprint density at radius 1 is 1.05 bits per heavy atom. The van der Waals surface area contributed by atoms with Crippen LogP contribution in [0.15, 0.2) is 30.3 Å². The minimum atomic E-state index is -2.87. The number of hydrogen-bond donors (Lipinski definition) is 0.